The van der Waals surface area contributed by atoms with Gasteiger partial charge in [-0.1, -0.05) is 12.1 Å². The molecule has 0 unspecified atom stereocenters. The van der Waals surface area contributed by atoms with Crippen molar-refractivity contribution in [3.05, 3.63) is 35.6 Å². The van der Waals surface area contributed by atoms with Crippen molar-refractivity contribution in [2.24, 2.45) is 5.73 Å². The highest BCUT2D eigenvalue weighted by Crippen LogP contribution is 2.09. The Kier molecular flexibility index (Phi) is 2.19. The lowest BCUT2D eigenvalue weighted by Crippen LogP contribution is -2.06. The van der Waals surface area contributed by atoms with Crippen LogP contribution in [-0.2, 0) is 0 Å². The van der Waals surface area contributed by atoms with E-state index in [0.29, 0.717) is 5.56 Å². The van der Waals surface area contributed by atoms with E-state index >= 15 is 0 Å². The summed E-state index contributed by atoms with van der Waals surface area (Å²) in [6.07, 6.45) is 0. The minimum Gasteiger partial charge on any atom is -0.312 e. The molecule has 0 amide bonds. The summed E-state index contributed by atoms with van der Waals surface area (Å²) in [4.78, 5) is 0. The molecule has 1 rings (SSSR count). The first-order valence-electron chi connectivity index (χ1n) is 3.14. The van der Waals surface area contributed by atoms with Crippen molar-refractivity contribution >= 4 is 0 Å². The van der Waals surface area contributed by atoms with Crippen molar-refractivity contribution in [2.75, 3.05) is 0 Å². The highest BCUT2D eigenvalue weighted by atomic mass is 19.1. The van der Waals surface area contributed by atoms with Gasteiger partial charge in [0.2, 0.25) is 0 Å². The highest BCUT2D eigenvalue weighted by molar-refractivity contribution is 5.23. The van der Waals surface area contributed by atoms with Gasteiger partial charge >= 0.3 is 0 Å². The van der Waals surface area contributed by atoms with Crippen molar-refractivity contribution in [2.45, 2.75) is 6.04 Å². The van der Waals surface area contributed by atoms with Crippen LogP contribution in [0, 0.1) is 17.1 Å². The zero-order chi connectivity index (χ0) is 8.27. The number of hydrogen-bond donors (Lipinski definition) is 1. The Morgan fingerprint density at radius 3 is 2.82 bits per heavy atom. The summed E-state index contributed by atoms with van der Waals surface area (Å²) in [5.74, 6) is -0.367. The third-order valence-electron chi connectivity index (χ3n) is 1.35. The van der Waals surface area contributed by atoms with E-state index in [0.717, 1.165) is 0 Å². The smallest absolute Gasteiger partial charge is 0.123 e. The lowest BCUT2D eigenvalue weighted by molar-refractivity contribution is 0.624. The first-order valence-corrected chi connectivity index (χ1v) is 3.14. The topological polar surface area (TPSA) is 49.8 Å². The highest BCUT2D eigenvalue weighted by Gasteiger charge is 2.03. The molecule has 0 heterocycles. The van der Waals surface area contributed by atoms with Crippen molar-refractivity contribution in [1.82, 2.24) is 0 Å². The predicted molar refractivity (Wildman–Crippen MR) is 38.9 cm³/mol. The summed E-state index contributed by atoms with van der Waals surface area (Å²) in [7, 11) is 0. The van der Waals surface area contributed by atoms with E-state index in [1.807, 2.05) is 6.07 Å². The van der Waals surface area contributed by atoms with Gasteiger partial charge in [-0.05, 0) is 17.7 Å². The van der Waals surface area contributed by atoms with Gasteiger partial charge in [-0.3, -0.25) is 0 Å². The molecule has 0 aliphatic carbocycles. The summed E-state index contributed by atoms with van der Waals surface area (Å²) >= 11 is 0. The first-order chi connectivity index (χ1) is 5.24. The van der Waals surface area contributed by atoms with Crippen LogP contribution < -0.4 is 5.73 Å². The second-order valence-corrected chi connectivity index (χ2v) is 2.16. The van der Waals surface area contributed by atoms with Crippen molar-refractivity contribution < 1.29 is 4.39 Å². The van der Waals surface area contributed by atoms with Crippen LogP contribution in [0.25, 0.3) is 0 Å². The van der Waals surface area contributed by atoms with Crippen LogP contribution in [0.15, 0.2) is 24.3 Å². The summed E-state index contributed by atoms with van der Waals surface area (Å²) in [5.41, 5.74) is 5.84. The van der Waals surface area contributed by atoms with E-state index in [2.05, 4.69) is 0 Å². The molecule has 0 radical (unpaired) electrons. The zero-order valence-corrected chi connectivity index (χ0v) is 5.79. The van der Waals surface area contributed by atoms with Gasteiger partial charge in [0.25, 0.3) is 0 Å². The molecule has 0 aliphatic heterocycles. The largest absolute Gasteiger partial charge is 0.312 e. The van der Waals surface area contributed by atoms with Crippen LogP contribution in [0.2, 0.25) is 0 Å². The number of nitrogens with zero attached hydrogens (tertiary/aromatic N) is 1. The molecule has 56 valence electrons. The van der Waals surface area contributed by atoms with E-state index in [1.54, 1.807) is 6.07 Å². The molecule has 0 saturated heterocycles. The van der Waals surface area contributed by atoms with Gasteiger partial charge in [-0.15, -0.1) is 0 Å². The second kappa shape index (κ2) is 3.13. The van der Waals surface area contributed by atoms with Crippen LogP contribution in [0.1, 0.15) is 11.6 Å². The fraction of sp³-hybridized carbons (Fsp3) is 0.125. The van der Waals surface area contributed by atoms with E-state index in [1.165, 1.54) is 18.2 Å². The fourth-order valence-electron chi connectivity index (χ4n) is 0.775. The lowest BCUT2D eigenvalue weighted by atomic mass is 10.1. The van der Waals surface area contributed by atoms with Crippen LogP contribution in [0.5, 0.6) is 0 Å². The summed E-state index contributed by atoms with van der Waals surface area (Å²) in [5, 5.41) is 8.38. The average molecular weight is 150 g/mol. The van der Waals surface area contributed by atoms with Crippen LogP contribution >= 0.6 is 0 Å². The minimum absolute atomic E-state index is 0.367. The van der Waals surface area contributed by atoms with Crippen molar-refractivity contribution in [3.63, 3.8) is 0 Å². The molecule has 3 heteroatoms. The molecule has 0 spiro atoms. The van der Waals surface area contributed by atoms with Gasteiger partial charge < -0.3 is 5.73 Å². The summed E-state index contributed by atoms with van der Waals surface area (Å²) < 4.78 is 12.5. The van der Waals surface area contributed by atoms with E-state index in [-0.39, 0.29) is 5.82 Å². The maximum atomic E-state index is 12.5. The molecule has 0 saturated carbocycles. The van der Waals surface area contributed by atoms with Gasteiger partial charge in [-0.2, -0.15) is 5.26 Å². The Hall–Kier alpha value is -1.40. The number of nitriles is 1. The molecule has 2 nitrogen and oxygen atoms in total. The van der Waals surface area contributed by atoms with Crippen LogP contribution in [-0.4, -0.2) is 0 Å². The minimum atomic E-state index is -0.731. The Balaban J connectivity index is 2.98. The van der Waals surface area contributed by atoms with Crippen LogP contribution in [0.4, 0.5) is 4.39 Å². The van der Waals surface area contributed by atoms with E-state index in [4.69, 9.17) is 11.0 Å². The van der Waals surface area contributed by atoms with Crippen molar-refractivity contribution in [1.29, 1.82) is 5.26 Å². The van der Waals surface area contributed by atoms with Crippen LogP contribution in [0.3, 0.4) is 0 Å². The lowest BCUT2D eigenvalue weighted by Gasteiger charge is -2.00. The monoisotopic (exact) mass is 150 g/mol. The second-order valence-electron chi connectivity index (χ2n) is 2.16. The molecule has 11 heavy (non-hydrogen) atoms. The Bertz CT molecular complexity index is 290. The van der Waals surface area contributed by atoms with Gasteiger partial charge in [0.15, 0.2) is 0 Å². The maximum absolute atomic E-state index is 12.5. The SMILES string of the molecule is N#C[C@H](N)c1cccc(F)c1. The average Bonchev–Trinajstić information content (AvgIpc) is 2.03. The standard InChI is InChI=1S/C8H7FN2/c9-7-3-1-2-6(4-7)8(11)5-10/h1-4,8H,11H2/t8-/m0/s1. The number of nitrogens with two attached hydrogens (primary N) is 1. The molecule has 2 N–H and O–H groups in total. The number of benzene rings is 1. The number of hydrogen-bond acceptors (Lipinski definition) is 2. The molecule has 1 atom stereocenters. The molecule has 0 fully saturated rings. The summed E-state index contributed by atoms with van der Waals surface area (Å²) in [6, 6.07) is 6.81. The van der Waals surface area contributed by atoms with Gasteiger partial charge in [0, 0.05) is 0 Å². The molecular formula is C8H7FN2. The molecule has 1 aromatic carbocycles. The van der Waals surface area contributed by atoms with E-state index in [9.17, 15) is 4.39 Å². The predicted octanol–water partition coefficient (Wildman–Crippen LogP) is 1.35. The molecule has 0 aromatic heterocycles. The third kappa shape index (κ3) is 1.76. The molecular weight excluding hydrogens is 143 g/mol. The quantitative estimate of drug-likeness (QED) is 0.656. The number of halogens is 1. The Labute approximate surface area is 64.1 Å². The summed E-state index contributed by atoms with van der Waals surface area (Å²) in [6.45, 7) is 0. The Morgan fingerprint density at radius 1 is 1.55 bits per heavy atom. The maximum Gasteiger partial charge on any atom is 0.123 e. The first kappa shape index (κ1) is 7.70. The Morgan fingerprint density at radius 2 is 2.27 bits per heavy atom. The molecule has 1 aromatic rings. The third-order valence-corrected chi connectivity index (χ3v) is 1.35. The fourth-order valence-corrected chi connectivity index (χ4v) is 0.775. The molecule has 0 aliphatic rings. The molecule has 0 bridgehead atoms. The van der Waals surface area contributed by atoms with Gasteiger partial charge in [0.1, 0.15) is 11.9 Å². The van der Waals surface area contributed by atoms with Gasteiger partial charge in [0.05, 0.1) is 6.07 Å². The number of rotatable bonds is 1. The zero-order valence-electron chi connectivity index (χ0n) is 5.79. The van der Waals surface area contributed by atoms with E-state index < -0.39 is 6.04 Å². The normalized spacial score (nSPS) is 12.1. The van der Waals surface area contributed by atoms with Crippen molar-refractivity contribution in [3.8, 4) is 6.07 Å². The van der Waals surface area contributed by atoms with Gasteiger partial charge in [-0.25, -0.2) is 4.39 Å².